The summed E-state index contributed by atoms with van der Waals surface area (Å²) in [7, 11) is 3.17. The molecule has 7 heteroatoms. The quantitative estimate of drug-likeness (QED) is 0.336. The molecular formula is C20H15Li3O4. The summed E-state index contributed by atoms with van der Waals surface area (Å²) in [4.78, 5) is 0. The molecule has 0 spiro atoms. The van der Waals surface area contributed by atoms with Crippen LogP contribution in [0.3, 0.4) is 0 Å². The summed E-state index contributed by atoms with van der Waals surface area (Å²) in [5.74, 6) is 3.31. The van der Waals surface area contributed by atoms with Crippen molar-refractivity contribution in [3.05, 3.63) is 72.8 Å². The Morgan fingerprint density at radius 2 is 0.741 bits per heavy atom. The molecule has 3 rings (SSSR count). The number of ether oxygens (including phenoxy) is 4. The first-order valence-electron chi connectivity index (χ1n) is 7.27. The molecule has 4 nitrogen and oxygen atoms in total. The fraction of sp³-hybridized carbons (Fsp3) is 0.100. The van der Waals surface area contributed by atoms with Crippen LogP contribution in [0.2, 0.25) is 0 Å². The van der Waals surface area contributed by atoms with Gasteiger partial charge in [0.25, 0.3) is 0 Å². The van der Waals surface area contributed by atoms with Gasteiger partial charge in [0.15, 0.2) is 0 Å². The molecule has 0 aliphatic rings. The van der Waals surface area contributed by atoms with Crippen molar-refractivity contribution >= 4 is 0 Å². The van der Waals surface area contributed by atoms with Gasteiger partial charge in [-0.2, -0.15) is 18.2 Å². The number of benzene rings is 3. The van der Waals surface area contributed by atoms with Crippen LogP contribution in [-0.4, -0.2) is 14.2 Å². The van der Waals surface area contributed by atoms with Gasteiger partial charge in [-0.1, -0.05) is 18.2 Å². The molecule has 0 aliphatic heterocycles. The third-order valence-corrected chi connectivity index (χ3v) is 3.10. The summed E-state index contributed by atoms with van der Waals surface area (Å²) >= 11 is 0. The predicted octanol–water partition coefficient (Wildman–Crippen LogP) is -4.30. The first kappa shape index (κ1) is 25.7. The Bertz CT molecular complexity index is 763. The molecule has 0 saturated heterocycles. The molecule has 0 aromatic heterocycles. The Morgan fingerprint density at radius 1 is 0.481 bits per heavy atom. The van der Waals surface area contributed by atoms with E-state index in [-0.39, 0.29) is 56.6 Å². The van der Waals surface area contributed by atoms with Gasteiger partial charge in [-0.15, -0.1) is 36.4 Å². The molecule has 122 valence electrons. The van der Waals surface area contributed by atoms with Crippen LogP contribution in [0.1, 0.15) is 0 Å². The number of hydrogen-bond donors (Lipinski definition) is 0. The van der Waals surface area contributed by atoms with Crippen molar-refractivity contribution in [2.24, 2.45) is 0 Å². The van der Waals surface area contributed by atoms with Gasteiger partial charge in [0.05, 0.1) is 14.2 Å². The summed E-state index contributed by atoms with van der Waals surface area (Å²) < 4.78 is 21.7. The van der Waals surface area contributed by atoms with Gasteiger partial charge in [-0.3, -0.25) is 0 Å². The molecule has 0 bridgehead atoms. The van der Waals surface area contributed by atoms with Crippen molar-refractivity contribution in [2.75, 3.05) is 14.2 Å². The molecule has 0 N–H and O–H groups in total. The minimum atomic E-state index is 0. The first-order valence-corrected chi connectivity index (χ1v) is 7.27. The van der Waals surface area contributed by atoms with Crippen LogP contribution >= 0.6 is 0 Å². The largest absolute Gasteiger partial charge is 1.00 e. The van der Waals surface area contributed by atoms with E-state index in [2.05, 4.69) is 18.2 Å². The average molecular weight is 340 g/mol. The van der Waals surface area contributed by atoms with Gasteiger partial charge in [0, 0.05) is 34.5 Å². The van der Waals surface area contributed by atoms with Gasteiger partial charge >= 0.3 is 56.6 Å². The van der Waals surface area contributed by atoms with Crippen molar-refractivity contribution in [3.63, 3.8) is 0 Å². The second-order valence-electron chi connectivity index (χ2n) is 4.75. The molecule has 3 aromatic carbocycles. The number of methoxy groups -OCH3 is 2. The summed E-state index contributed by atoms with van der Waals surface area (Å²) in [6.45, 7) is 0. The van der Waals surface area contributed by atoms with Crippen molar-refractivity contribution in [2.45, 2.75) is 0 Å². The van der Waals surface area contributed by atoms with Crippen LogP contribution in [0.4, 0.5) is 0 Å². The summed E-state index contributed by atoms with van der Waals surface area (Å²) in [6, 6.07) is 25.3. The minimum Gasteiger partial charge on any atom is -0.522 e. The van der Waals surface area contributed by atoms with Crippen LogP contribution in [0.15, 0.2) is 54.6 Å². The minimum absolute atomic E-state index is 0. The Hall–Kier alpha value is -1.35. The molecule has 27 heavy (non-hydrogen) atoms. The Morgan fingerprint density at radius 3 is 1.04 bits per heavy atom. The monoisotopic (exact) mass is 340 g/mol. The van der Waals surface area contributed by atoms with E-state index in [4.69, 9.17) is 18.9 Å². The van der Waals surface area contributed by atoms with E-state index in [1.807, 2.05) is 18.2 Å². The summed E-state index contributed by atoms with van der Waals surface area (Å²) in [5.41, 5.74) is 0. The maximum Gasteiger partial charge on any atom is 1.00 e. The molecule has 0 amide bonds. The van der Waals surface area contributed by atoms with Gasteiger partial charge in [0.1, 0.15) is 0 Å². The Kier molecular flexibility index (Phi) is 12.3. The maximum atomic E-state index is 5.74. The van der Waals surface area contributed by atoms with E-state index in [9.17, 15) is 0 Å². The topological polar surface area (TPSA) is 36.9 Å². The Balaban J connectivity index is 0.00000225. The number of rotatable bonds is 6. The fourth-order valence-electron chi connectivity index (χ4n) is 2.00. The van der Waals surface area contributed by atoms with Crippen molar-refractivity contribution in [1.82, 2.24) is 0 Å². The van der Waals surface area contributed by atoms with E-state index < -0.39 is 0 Å². The van der Waals surface area contributed by atoms with E-state index >= 15 is 0 Å². The molecule has 0 radical (unpaired) electrons. The molecule has 0 atom stereocenters. The molecular weight excluding hydrogens is 325 g/mol. The summed E-state index contributed by atoms with van der Waals surface area (Å²) in [5, 5.41) is 0. The van der Waals surface area contributed by atoms with Crippen LogP contribution in [0.5, 0.6) is 34.5 Å². The van der Waals surface area contributed by atoms with Gasteiger partial charge in [-0.05, 0) is 0 Å². The number of hydrogen-bond acceptors (Lipinski definition) is 4. The predicted molar refractivity (Wildman–Crippen MR) is 89.1 cm³/mol. The van der Waals surface area contributed by atoms with Crippen LogP contribution < -0.4 is 75.5 Å². The second kappa shape index (κ2) is 12.9. The third-order valence-electron chi connectivity index (χ3n) is 3.10. The molecule has 0 heterocycles. The smallest absolute Gasteiger partial charge is 0.522 e. The van der Waals surface area contributed by atoms with Gasteiger partial charge in [0.2, 0.25) is 0 Å². The van der Waals surface area contributed by atoms with Gasteiger partial charge < -0.3 is 18.9 Å². The van der Waals surface area contributed by atoms with E-state index in [1.165, 1.54) is 0 Å². The Labute approximate surface area is 196 Å². The van der Waals surface area contributed by atoms with Crippen molar-refractivity contribution < 1.29 is 75.5 Å². The molecule has 0 saturated carbocycles. The molecule has 0 aliphatic carbocycles. The third kappa shape index (κ3) is 7.65. The van der Waals surface area contributed by atoms with Crippen LogP contribution in [0, 0.1) is 18.2 Å². The SMILES string of the molecule is COc1[c-]c(Oc2[c-]c(Oc3[c-]c(OC)ccc3)ccc2)ccc1.[Li+].[Li+].[Li+]. The maximum absolute atomic E-state index is 5.74. The fourth-order valence-corrected chi connectivity index (χ4v) is 2.00. The van der Waals surface area contributed by atoms with E-state index in [0.717, 1.165) is 0 Å². The molecule has 3 aromatic rings. The average Bonchev–Trinajstić information content (AvgIpc) is 2.62. The molecule has 0 fully saturated rings. The standard InChI is InChI=1S/C20H15O4.3Li/c1-21-15-6-3-8-17(12-15)23-19-10-5-11-20(14-19)24-18-9-4-7-16(13-18)22-2;;;/h3-11H,1-2H3;;;/q-3;3*+1. The van der Waals surface area contributed by atoms with E-state index in [0.29, 0.717) is 34.5 Å². The molecule has 0 unspecified atom stereocenters. The first-order chi connectivity index (χ1) is 11.8. The second-order valence-corrected chi connectivity index (χ2v) is 4.75. The normalized spacial score (nSPS) is 8.96. The van der Waals surface area contributed by atoms with Crippen LogP contribution in [0.25, 0.3) is 0 Å². The van der Waals surface area contributed by atoms with Crippen molar-refractivity contribution in [3.8, 4) is 34.5 Å². The zero-order valence-electron chi connectivity index (χ0n) is 16.3. The van der Waals surface area contributed by atoms with Gasteiger partial charge in [-0.25, -0.2) is 0 Å². The summed E-state index contributed by atoms with van der Waals surface area (Å²) in [6.07, 6.45) is 0. The van der Waals surface area contributed by atoms with Crippen LogP contribution in [-0.2, 0) is 0 Å². The van der Waals surface area contributed by atoms with Crippen molar-refractivity contribution in [1.29, 1.82) is 0 Å². The zero-order chi connectivity index (χ0) is 16.8. The van der Waals surface area contributed by atoms with E-state index in [1.54, 1.807) is 50.6 Å². The zero-order valence-corrected chi connectivity index (χ0v) is 16.3.